The molecule has 0 atom stereocenters. The highest BCUT2D eigenvalue weighted by Crippen LogP contribution is 2.37. The van der Waals surface area contributed by atoms with Gasteiger partial charge in [0.1, 0.15) is 18.2 Å². The number of nitrogens with zero attached hydrogens (tertiary/aromatic N) is 2. The molecular formula is C14H10F3N3O. The number of nitrogens with two attached hydrogens (primary N) is 1. The summed E-state index contributed by atoms with van der Waals surface area (Å²) in [5.41, 5.74) is 5.02. The number of hydrogen-bond donors (Lipinski definition) is 1. The number of hydrogen-bond acceptors (Lipinski definition) is 4. The summed E-state index contributed by atoms with van der Waals surface area (Å²) in [6, 6.07) is 7.93. The molecule has 0 unspecified atom stereocenters. The Balaban J connectivity index is 2.26. The minimum Gasteiger partial charge on any atom is -0.488 e. The molecule has 0 amide bonds. The van der Waals surface area contributed by atoms with Crippen molar-refractivity contribution in [3.8, 4) is 11.8 Å². The van der Waals surface area contributed by atoms with E-state index in [4.69, 9.17) is 15.7 Å². The van der Waals surface area contributed by atoms with Crippen LogP contribution < -0.4 is 10.5 Å². The average molecular weight is 293 g/mol. The van der Waals surface area contributed by atoms with Crippen LogP contribution in [-0.2, 0) is 12.8 Å². The molecule has 0 bridgehead atoms. The van der Waals surface area contributed by atoms with Crippen LogP contribution in [0.4, 0.5) is 19.0 Å². The summed E-state index contributed by atoms with van der Waals surface area (Å²) in [6.45, 7) is -0.0816. The molecule has 108 valence electrons. The number of alkyl halides is 3. The van der Waals surface area contributed by atoms with Gasteiger partial charge in [0.15, 0.2) is 0 Å². The highest BCUT2D eigenvalue weighted by Gasteiger charge is 2.34. The fraction of sp³-hybridized carbons (Fsp3) is 0.143. The fourth-order valence-corrected chi connectivity index (χ4v) is 1.69. The van der Waals surface area contributed by atoms with Crippen LogP contribution in [0.25, 0.3) is 0 Å². The molecular weight excluding hydrogens is 283 g/mol. The molecule has 0 spiro atoms. The summed E-state index contributed by atoms with van der Waals surface area (Å²) < 4.78 is 44.0. The number of benzene rings is 1. The number of halogens is 3. The Labute approximate surface area is 118 Å². The van der Waals surface area contributed by atoms with Crippen molar-refractivity contribution in [2.75, 3.05) is 5.73 Å². The molecule has 4 nitrogen and oxygen atoms in total. The lowest BCUT2D eigenvalue weighted by Gasteiger charge is -2.14. The molecule has 1 heterocycles. The van der Waals surface area contributed by atoms with Gasteiger partial charge in [-0.05, 0) is 35.9 Å². The number of ether oxygens (including phenoxy) is 1. The molecule has 0 aliphatic carbocycles. The molecule has 0 saturated heterocycles. The molecule has 2 aromatic rings. The molecule has 1 aromatic carbocycles. The van der Waals surface area contributed by atoms with Gasteiger partial charge in [-0.25, -0.2) is 4.98 Å². The van der Waals surface area contributed by atoms with Crippen LogP contribution in [0.3, 0.4) is 0 Å². The third-order valence-corrected chi connectivity index (χ3v) is 2.65. The van der Waals surface area contributed by atoms with E-state index in [-0.39, 0.29) is 23.7 Å². The lowest BCUT2D eigenvalue weighted by Crippen LogP contribution is -2.09. The van der Waals surface area contributed by atoms with Crippen LogP contribution in [0.2, 0.25) is 0 Å². The Hall–Kier alpha value is -2.75. The number of rotatable bonds is 3. The summed E-state index contributed by atoms with van der Waals surface area (Å²) in [7, 11) is 0. The lowest BCUT2D eigenvalue weighted by molar-refractivity contribution is -0.139. The Morgan fingerprint density at radius 1 is 1.24 bits per heavy atom. The molecule has 0 aliphatic heterocycles. The molecule has 0 radical (unpaired) electrons. The molecule has 7 heteroatoms. The number of aromatic nitrogens is 1. The zero-order valence-electron chi connectivity index (χ0n) is 10.7. The van der Waals surface area contributed by atoms with Gasteiger partial charge in [0, 0.05) is 6.20 Å². The van der Waals surface area contributed by atoms with Crippen molar-refractivity contribution in [2.45, 2.75) is 12.8 Å². The van der Waals surface area contributed by atoms with Crippen LogP contribution in [0, 0.1) is 11.3 Å². The topological polar surface area (TPSA) is 71.9 Å². The third kappa shape index (κ3) is 3.63. The van der Waals surface area contributed by atoms with Gasteiger partial charge in [-0.15, -0.1) is 0 Å². The monoisotopic (exact) mass is 293 g/mol. The van der Waals surface area contributed by atoms with Crippen molar-refractivity contribution in [3.05, 3.63) is 53.2 Å². The second-order valence-electron chi connectivity index (χ2n) is 4.20. The maximum Gasteiger partial charge on any atom is 0.420 e. The third-order valence-electron chi connectivity index (χ3n) is 2.65. The summed E-state index contributed by atoms with van der Waals surface area (Å²) >= 11 is 0. The molecule has 2 rings (SSSR count). The van der Waals surface area contributed by atoms with Crippen molar-refractivity contribution in [2.24, 2.45) is 0 Å². The first-order chi connectivity index (χ1) is 9.90. The predicted octanol–water partition coefficient (Wildman–Crippen LogP) is 3.13. The summed E-state index contributed by atoms with van der Waals surface area (Å²) in [5.74, 6) is -0.0798. The molecule has 21 heavy (non-hydrogen) atoms. The first-order valence-electron chi connectivity index (χ1n) is 5.84. The Morgan fingerprint density at radius 2 is 2.00 bits per heavy atom. The zero-order chi connectivity index (χ0) is 15.5. The van der Waals surface area contributed by atoms with E-state index < -0.39 is 11.7 Å². The molecule has 0 fully saturated rings. The van der Waals surface area contributed by atoms with Gasteiger partial charge in [0.2, 0.25) is 0 Å². The van der Waals surface area contributed by atoms with E-state index in [1.54, 1.807) is 12.1 Å². The highest BCUT2D eigenvalue weighted by atomic mass is 19.4. The van der Waals surface area contributed by atoms with E-state index in [0.717, 1.165) is 12.1 Å². The van der Waals surface area contributed by atoms with Gasteiger partial charge >= 0.3 is 6.18 Å². The van der Waals surface area contributed by atoms with Gasteiger partial charge in [-0.1, -0.05) is 0 Å². The number of anilines is 1. The fourth-order valence-electron chi connectivity index (χ4n) is 1.69. The van der Waals surface area contributed by atoms with Gasteiger partial charge in [-0.3, -0.25) is 0 Å². The van der Waals surface area contributed by atoms with E-state index in [1.165, 1.54) is 18.3 Å². The first kappa shape index (κ1) is 14.7. The van der Waals surface area contributed by atoms with E-state index in [2.05, 4.69) is 4.98 Å². The molecule has 0 aliphatic rings. The van der Waals surface area contributed by atoms with E-state index in [9.17, 15) is 13.2 Å². The number of nitrogen functional groups attached to an aromatic ring is 1. The van der Waals surface area contributed by atoms with E-state index in [1.807, 2.05) is 0 Å². The largest absolute Gasteiger partial charge is 0.488 e. The minimum absolute atomic E-state index is 0.0807. The molecule has 0 saturated carbocycles. The van der Waals surface area contributed by atoms with Crippen molar-refractivity contribution in [1.82, 2.24) is 4.98 Å². The van der Waals surface area contributed by atoms with Crippen molar-refractivity contribution >= 4 is 5.82 Å². The van der Waals surface area contributed by atoms with Gasteiger partial charge < -0.3 is 10.5 Å². The normalized spacial score (nSPS) is 11.0. The Morgan fingerprint density at radius 3 is 2.62 bits per heavy atom. The van der Waals surface area contributed by atoms with Gasteiger partial charge in [-0.2, -0.15) is 18.4 Å². The lowest BCUT2D eigenvalue weighted by atomic mass is 10.1. The summed E-state index contributed by atoms with van der Waals surface area (Å²) in [4.78, 5) is 3.78. The maximum atomic E-state index is 12.9. The van der Waals surface area contributed by atoms with E-state index in [0.29, 0.717) is 5.56 Å². The van der Waals surface area contributed by atoms with E-state index >= 15 is 0 Å². The standard InChI is InChI=1S/C14H10F3N3O/c15-14(16,17)11-5-9(7-18)1-2-12(11)21-8-10-3-4-20-13(19)6-10/h1-6H,8H2,(H2,19,20). The maximum absolute atomic E-state index is 12.9. The molecule has 2 N–H and O–H groups in total. The smallest absolute Gasteiger partial charge is 0.420 e. The average Bonchev–Trinajstić information content (AvgIpc) is 2.44. The van der Waals surface area contributed by atoms with Crippen molar-refractivity contribution < 1.29 is 17.9 Å². The highest BCUT2D eigenvalue weighted by molar-refractivity contribution is 5.43. The van der Waals surface area contributed by atoms with Crippen LogP contribution in [0.1, 0.15) is 16.7 Å². The number of nitriles is 1. The van der Waals surface area contributed by atoms with Crippen LogP contribution in [0.15, 0.2) is 36.5 Å². The van der Waals surface area contributed by atoms with Crippen molar-refractivity contribution in [3.63, 3.8) is 0 Å². The Kier molecular flexibility index (Phi) is 3.98. The van der Waals surface area contributed by atoms with Crippen LogP contribution in [-0.4, -0.2) is 4.98 Å². The second kappa shape index (κ2) is 5.71. The minimum atomic E-state index is -4.60. The quantitative estimate of drug-likeness (QED) is 0.943. The summed E-state index contributed by atoms with van der Waals surface area (Å²) in [5, 5.41) is 8.68. The van der Waals surface area contributed by atoms with Gasteiger partial charge in [0.25, 0.3) is 0 Å². The first-order valence-corrected chi connectivity index (χ1v) is 5.84. The number of pyridine rings is 1. The van der Waals surface area contributed by atoms with Gasteiger partial charge in [0.05, 0.1) is 17.2 Å². The van der Waals surface area contributed by atoms with Crippen molar-refractivity contribution in [1.29, 1.82) is 5.26 Å². The second-order valence-corrected chi connectivity index (χ2v) is 4.20. The van der Waals surface area contributed by atoms with Crippen LogP contribution >= 0.6 is 0 Å². The Bertz CT molecular complexity index is 693. The summed E-state index contributed by atoms with van der Waals surface area (Å²) in [6.07, 6.45) is -3.16. The molecule has 1 aromatic heterocycles. The SMILES string of the molecule is N#Cc1ccc(OCc2ccnc(N)c2)c(C(F)(F)F)c1. The zero-order valence-corrected chi connectivity index (χ0v) is 10.7. The van der Waals surface area contributed by atoms with Crippen LogP contribution in [0.5, 0.6) is 5.75 Å². The predicted molar refractivity (Wildman–Crippen MR) is 69.1 cm³/mol.